The first-order valence-corrected chi connectivity index (χ1v) is 10.6. The lowest BCUT2D eigenvalue weighted by molar-refractivity contribution is -0.645. The van der Waals surface area contributed by atoms with E-state index in [2.05, 4.69) is 116 Å². The van der Waals surface area contributed by atoms with Gasteiger partial charge in [-0.15, -0.1) is 0 Å². The monoisotopic (exact) mass is 389 g/mol. The van der Waals surface area contributed by atoms with Crippen LogP contribution < -0.4 is 4.57 Å². The average molecular weight is 390 g/mol. The number of benzene rings is 5. The molecule has 6 aromatic rings. The van der Waals surface area contributed by atoms with Crippen LogP contribution >= 0.6 is 0 Å². The van der Waals surface area contributed by atoms with Gasteiger partial charge in [0.1, 0.15) is 5.69 Å². The number of fused-ring (bicyclic) bond motifs is 1. The van der Waals surface area contributed by atoms with Crippen LogP contribution in [-0.2, 0) is 12.5 Å². The van der Waals surface area contributed by atoms with Crippen molar-refractivity contribution in [3.63, 3.8) is 0 Å². The number of para-hydroxylation sites is 2. The summed E-state index contributed by atoms with van der Waals surface area (Å²) in [4.78, 5) is 0. The zero-order valence-corrected chi connectivity index (χ0v) is 17.9. The minimum Gasteiger partial charge on any atom is -0.232 e. The van der Waals surface area contributed by atoms with Crippen LogP contribution in [0.5, 0.6) is 0 Å². The first kappa shape index (κ1) is 17.5. The summed E-state index contributed by atoms with van der Waals surface area (Å²) in [6, 6.07) is 27.0. The van der Waals surface area contributed by atoms with Crippen molar-refractivity contribution in [2.75, 3.05) is 0 Å². The van der Waals surface area contributed by atoms with Crippen molar-refractivity contribution >= 4 is 43.4 Å². The maximum atomic E-state index is 2.37. The van der Waals surface area contributed by atoms with Crippen molar-refractivity contribution in [3.8, 4) is 5.69 Å². The number of hydrogen-bond donors (Lipinski definition) is 0. The molecule has 146 valence electrons. The van der Waals surface area contributed by atoms with Gasteiger partial charge in [-0.05, 0) is 56.8 Å². The van der Waals surface area contributed by atoms with Crippen LogP contribution in [0.4, 0.5) is 0 Å². The second-order valence-electron chi connectivity index (χ2n) is 9.49. The van der Waals surface area contributed by atoms with E-state index in [4.69, 9.17) is 0 Å². The highest BCUT2D eigenvalue weighted by atomic mass is 15.1. The van der Waals surface area contributed by atoms with Gasteiger partial charge in [0.2, 0.25) is 6.33 Å². The number of aromatic nitrogens is 2. The Morgan fingerprint density at radius 1 is 0.733 bits per heavy atom. The topological polar surface area (TPSA) is 8.81 Å². The number of nitrogens with zero attached hydrogens (tertiary/aromatic N) is 2. The number of rotatable bonds is 1. The van der Waals surface area contributed by atoms with Crippen molar-refractivity contribution in [3.05, 3.63) is 84.7 Å². The lowest BCUT2D eigenvalue weighted by Gasteiger charge is -2.21. The molecule has 0 fully saturated rings. The van der Waals surface area contributed by atoms with E-state index >= 15 is 0 Å². The molecular weight excluding hydrogens is 364 g/mol. The molecule has 0 amide bonds. The van der Waals surface area contributed by atoms with Gasteiger partial charge in [-0.2, -0.15) is 4.57 Å². The van der Waals surface area contributed by atoms with Gasteiger partial charge in [-0.3, -0.25) is 0 Å². The Balaban J connectivity index is 1.74. The second kappa shape index (κ2) is 5.82. The molecule has 0 aliphatic rings. The molecule has 0 bridgehead atoms. The van der Waals surface area contributed by atoms with E-state index in [0.29, 0.717) is 0 Å². The van der Waals surface area contributed by atoms with E-state index in [1.807, 2.05) is 0 Å². The standard InChI is InChI=1S/C28H25N2/c1-28(2,3)21-15-19-10-9-18-12-14-23(22-13-11-20(16-21)26(19)27(18)22)30-17-29(4)24-7-5-6-8-25(24)30/h5-17H,1-4H3/q+1. The Kier molecular flexibility index (Phi) is 3.39. The average Bonchev–Trinajstić information content (AvgIpc) is 3.07. The fourth-order valence-corrected chi connectivity index (χ4v) is 4.90. The van der Waals surface area contributed by atoms with Crippen LogP contribution in [0.25, 0.3) is 49.0 Å². The molecular formula is C28H25N2+. The number of aryl methyl sites for hydroxylation is 1. The molecule has 5 aromatic carbocycles. The summed E-state index contributed by atoms with van der Waals surface area (Å²) < 4.78 is 4.52. The van der Waals surface area contributed by atoms with E-state index in [1.165, 1.54) is 54.6 Å². The van der Waals surface area contributed by atoms with Crippen molar-refractivity contribution in [1.82, 2.24) is 4.57 Å². The summed E-state index contributed by atoms with van der Waals surface area (Å²) in [5.74, 6) is 0. The minimum absolute atomic E-state index is 0.133. The quantitative estimate of drug-likeness (QED) is 0.220. The summed E-state index contributed by atoms with van der Waals surface area (Å²) in [6.45, 7) is 6.86. The summed E-state index contributed by atoms with van der Waals surface area (Å²) >= 11 is 0. The highest BCUT2D eigenvalue weighted by molar-refractivity contribution is 6.24. The third kappa shape index (κ3) is 2.34. The molecule has 0 unspecified atom stereocenters. The van der Waals surface area contributed by atoms with Gasteiger partial charge in [-0.25, -0.2) is 4.57 Å². The van der Waals surface area contributed by atoms with Gasteiger partial charge in [0.05, 0.1) is 7.05 Å². The van der Waals surface area contributed by atoms with Gasteiger partial charge in [-0.1, -0.05) is 69.3 Å². The fourth-order valence-electron chi connectivity index (χ4n) is 4.90. The Bertz CT molecular complexity index is 1560. The predicted molar refractivity (Wildman–Crippen MR) is 127 cm³/mol. The molecule has 2 heteroatoms. The van der Waals surface area contributed by atoms with Crippen LogP contribution in [0.3, 0.4) is 0 Å². The molecule has 30 heavy (non-hydrogen) atoms. The molecule has 0 radical (unpaired) electrons. The van der Waals surface area contributed by atoms with Crippen LogP contribution in [0.1, 0.15) is 26.3 Å². The third-order valence-corrected chi connectivity index (χ3v) is 6.51. The normalized spacial score (nSPS) is 12.7. The zero-order chi connectivity index (χ0) is 20.6. The highest BCUT2D eigenvalue weighted by Gasteiger charge is 2.21. The van der Waals surface area contributed by atoms with Gasteiger partial charge in [0.15, 0.2) is 11.0 Å². The lowest BCUT2D eigenvalue weighted by Crippen LogP contribution is -2.25. The number of imidazole rings is 1. The molecule has 0 N–H and O–H groups in total. The molecule has 0 aliphatic carbocycles. The molecule has 2 nitrogen and oxygen atoms in total. The Morgan fingerprint density at radius 2 is 1.40 bits per heavy atom. The first-order valence-electron chi connectivity index (χ1n) is 10.6. The zero-order valence-electron chi connectivity index (χ0n) is 17.9. The molecule has 0 saturated carbocycles. The van der Waals surface area contributed by atoms with Crippen molar-refractivity contribution in [2.24, 2.45) is 7.05 Å². The summed E-state index contributed by atoms with van der Waals surface area (Å²) in [5, 5.41) is 8.00. The highest BCUT2D eigenvalue weighted by Crippen LogP contribution is 2.39. The molecule has 0 atom stereocenters. The van der Waals surface area contributed by atoms with E-state index in [0.717, 1.165) is 0 Å². The van der Waals surface area contributed by atoms with Crippen LogP contribution in [-0.4, -0.2) is 4.57 Å². The summed E-state index contributed by atoms with van der Waals surface area (Å²) in [7, 11) is 2.11. The molecule has 1 heterocycles. The van der Waals surface area contributed by atoms with E-state index in [1.54, 1.807) is 0 Å². The lowest BCUT2D eigenvalue weighted by atomic mass is 9.83. The minimum atomic E-state index is 0.133. The third-order valence-electron chi connectivity index (χ3n) is 6.51. The maximum Gasteiger partial charge on any atom is 0.249 e. The molecule has 1 aromatic heterocycles. The molecule has 0 saturated heterocycles. The van der Waals surface area contributed by atoms with Gasteiger partial charge in [0.25, 0.3) is 0 Å². The molecule has 0 spiro atoms. The van der Waals surface area contributed by atoms with Gasteiger partial charge >= 0.3 is 0 Å². The van der Waals surface area contributed by atoms with Crippen LogP contribution in [0, 0.1) is 0 Å². The van der Waals surface area contributed by atoms with Gasteiger partial charge < -0.3 is 0 Å². The largest absolute Gasteiger partial charge is 0.249 e. The summed E-state index contributed by atoms with van der Waals surface area (Å²) in [5.41, 5.74) is 5.21. The first-order chi connectivity index (χ1) is 14.4. The Labute approximate surface area is 176 Å². The van der Waals surface area contributed by atoms with Crippen molar-refractivity contribution < 1.29 is 4.57 Å². The SMILES string of the molecule is C[n+]1cn(-c2ccc3ccc4cc(C(C)(C)C)cc5ccc2c3c45)c2ccccc21. The Morgan fingerprint density at radius 3 is 2.17 bits per heavy atom. The smallest absolute Gasteiger partial charge is 0.232 e. The number of hydrogen-bond acceptors (Lipinski definition) is 0. The van der Waals surface area contributed by atoms with Crippen LogP contribution in [0.15, 0.2) is 79.1 Å². The Hall–Kier alpha value is -3.39. The van der Waals surface area contributed by atoms with E-state index in [9.17, 15) is 0 Å². The maximum absolute atomic E-state index is 2.37. The van der Waals surface area contributed by atoms with E-state index in [-0.39, 0.29) is 5.41 Å². The van der Waals surface area contributed by atoms with Crippen molar-refractivity contribution in [2.45, 2.75) is 26.2 Å². The predicted octanol–water partition coefficient (Wildman–Crippen LogP) is 6.65. The van der Waals surface area contributed by atoms with E-state index < -0.39 is 0 Å². The summed E-state index contributed by atoms with van der Waals surface area (Å²) in [6.07, 6.45) is 2.19. The molecule has 6 rings (SSSR count). The van der Waals surface area contributed by atoms with Crippen molar-refractivity contribution in [1.29, 1.82) is 0 Å². The fraction of sp³-hybridized carbons (Fsp3) is 0.179. The second-order valence-corrected chi connectivity index (χ2v) is 9.49. The van der Waals surface area contributed by atoms with Crippen LogP contribution in [0.2, 0.25) is 0 Å². The molecule has 0 aliphatic heterocycles. The van der Waals surface area contributed by atoms with Gasteiger partial charge in [0, 0.05) is 10.8 Å².